The van der Waals surface area contributed by atoms with Gasteiger partial charge in [-0.3, -0.25) is 0 Å². The molecule has 0 aromatic heterocycles. The van der Waals surface area contributed by atoms with E-state index < -0.39 is 23.3 Å². The van der Waals surface area contributed by atoms with E-state index in [0.29, 0.717) is 6.54 Å². The lowest BCUT2D eigenvalue weighted by molar-refractivity contribution is 0.0522. The van der Waals surface area contributed by atoms with Crippen LogP contribution in [0.15, 0.2) is 18.2 Å². The topological polar surface area (TPSA) is 50.4 Å². The Morgan fingerprint density at radius 2 is 2.00 bits per heavy atom. The number of alkyl carbamates (subject to hydrolysis) is 1. The minimum absolute atomic E-state index is 0.0600. The maximum atomic E-state index is 13.6. The number of ether oxygens (including phenoxy) is 1. The number of carbonyl (C=O) groups excluding carboxylic acids is 1. The number of rotatable bonds is 6. The lowest BCUT2D eigenvalue weighted by atomic mass is 10.1. The second kappa shape index (κ2) is 8.08. The predicted octanol–water partition coefficient (Wildman–Crippen LogP) is 3.36. The minimum atomic E-state index is -0.862. The molecule has 0 spiro atoms. The highest BCUT2D eigenvalue weighted by Gasteiger charge is 2.17. The Kier molecular flexibility index (Phi) is 6.74. The first-order valence-corrected chi connectivity index (χ1v) is 7.36. The van der Waals surface area contributed by atoms with Crippen molar-refractivity contribution in [2.75, 3.05) is 6.54 Å². The summed E-state index contributed by atoms with van der Waals surface area (Å²) in [5.74, 6) is -1.70. The summed E-state index contributed by atoms with van der Waals surface area (Å²) in [6.07, 6.45) is 0.233. The van der Waals surface area contributed by atoms with E-state index in [1.165, 1.54) is 12.1 Å². The van der Waals surface area contributed by atoms with Gasteiger partial charge in [0.25, 0.3) is 0 Å². The van der Waals surface area contributed by atoms with Gasteiger partial charge in [-0.05, 0) is 33.3 Å². The Morgan fingerprint density at radius 1 is 1.32 bits per heavy atom. The Hall–Kier alpha value is -1.69. The quantitative estimate of drug-likeness (QED) is 0.846. The molecule has 0 aliphatic heterocycles. The molecule has 124 valence electrons. The highest BCUT2D eigenvalue weighted by molar-refractivity contribution is 5.67. The molecule has 1 unspecified atom stereocenters. The summed E-state index contributed by atoms with van der Waals surface area (Å²) >= 11 is 0. The Morgan fingerprint density at radius 3 is 2.59 bits per heavy atom. The molecule has 0 radical (unpaired) electrons. The van der Waals surface area contributed by atoms with Crippen molar-refractivity contribution in [1.29, 1.82) is 0 Å². The fraction of sp³-hybridized carbons (Fsp3) is 0.562. The number of benzene rings is 1. The van der Waals surface area contributed by atoms with Crippen LogP contribution in [-0.2, 0) is 11.3 Å². The summed E-state index contributed by atoms with van der Waals surface area (Å²) < 4.78 is 31.8. The molecule has 0 aliphatic carbocycles. The van der Waals surface area contributed by atoms with Crippen molar-refractivity contribution < 1.29 is 18.3 Å². The Bertz CT molecular complexity index is 501. The highest BCUT2D eigenvalue weighted by Crippen LogP contribution is 2.11. The van der Waals surface area contributed by atoms with Crippen LogP contribution >= 0.6 is 0 Å². The number of carbonyl (C=O) groups is 1. The van der Waals surface area contributed by atoms with E-state index >= 15 is 0 Å². The molecule has 4 nitrogen and oxygen atoms in total. The van der Waals surface area contributed by atoms with Gasteiger partial charge in [0.1, 0.15) is 5.60 Å². The van der Waals surface area contributed by atoms with Crippen LogP contribution in [0.25, 0.3) is 0 Å². The van der Waals surface area contributed by atoms with E-state index in [1.54, 1.807) is 20.8 Å². The number of nitrogens with one attached hydrogen (secondary N) is 2. The molecular weight excluding hydrogens is 290 g/mol. The van der Waals surface area contributed by atoms with Gasteiger partial charge < -0.3 is 15.4 Å². The maximum Gasteiger partial charge on any atom is 0.407 e. The van der Waals surface area contributed by atoms with Crippen LogP contribution in [0, 0.1) is 11.6 Å². The van der Waals surface area contributed by atoms with Crippen molar-refractivity contribution in [2.45, 2.75) is 52.3 Å². The molecule has 0 fully saturated rings. The van der Waals surface area contributed by atoms with Crippen LogP contribution in [0.1, 0.15) is 39.7 Å². The van der Waals surface area contributed by atoms with E-state index in [-0.39, 0.29) is 18.2 Å². The van der Waals surface area contributed by atoms with Gasteiger partial charge >= 0.3 is 6.09 Å². The number of amides is 1. The first kappa shape index (κ1) is 18.4. The summed E-state index contributed by atoms with van der Waals surface area (Å²) in [5.41, 5.74) is -0.292. The van der Waals surface area contributed by atoms with Gasteiger partial charge in [-0.15, -0.1) is 0 Å². The van der Waals surface area contributed by atoms with Crippen LogP contribution in [0.3, 0.4) is 0 Å². The van der Waals surface area contributed by atoms with Crippen LogP contribution in [0.4, 0.5) is 13.6 Å². The summed E-state index contributed by atoms with van der Waals surface area (Å²) in [6, 6.07) is 4.02. The molecule has 1 rings (SSSR count). The van der Waals surface area contributed by atoms with Crippen molar-refractivity contribution in [3.05, 3.63) is 35.4 Å². The van der Waals surface area contributed by atoms with E-state index in [2.05, 4.69) is 10.6 Å². The van der Waals surface area contributed by atoms with E-state index in [9.17, 15) is 13.6 Å². The molecular formula is C16H24F2N2O2. The summed E-state index contributed by atoms with van der Waals surface area (Å²) in [4.78, 5) is 11.6. The number of hydrogen-bond donors (Lipinski definition) is 2. The standard InChI is InChI=1S/C16H24F2N2O2/c1-5-12(10-20-15(21)22-16(2,3)4)19-9-11-7-6-8-13(17)14(11)18/h6-8,12,19H,5,9-10H2,1-4H3,(H,20,21). The minimum Gasteiger partial charge on any atom is -0.444 e. The van der Waals surface area contributed by atoms with Gasteiger partial charge in [0, 0.05) is 24.7 Å². The monoisotopic (exact) mass is 314 g/mol. The largest absolute Gasteiger partial charge is 0.444 e. The maximum absolute atomic E-state index is 13.6. The van der Waals surface area contributed by atoms with Gasteiger partial charge in [-0.1, -0.05) is 19.1 Å². The molecule has 6 heteroatoms. The fourth-order valence-corrected chi connectivity index (χ4v) is 1.82. The van der Waals surface area contributed by atoms with Crippen LogP contribution < -0.4 is 10.6 Å². The zero-order valence-corrected chi connectivity index (χ0v) is 13.5. The summed E-state index contributed by atoms with van der Waals surface area (Å²) in [5, 5.41) is 5.76. The van der Waals surface area contributed by atoms with E-state index in [0.717, 1.165) is 12.5 Å². The molecule has 0 saturated heterocycles. The molecule has 22 heavy (non-hydrogen) atoms. The second-order valence-corrected chi connectivity index (χ2v) is 6.08. The van der Waals surface area contributed by atoms with Crippen LogP contribution in [0.5, 0.6) is 0 Å². The lowest BCUT2D eigenvalue weighted by Crippen LogP contribution is -2.42. The molecule has 1 atom stereocenters. The normalized spacial score (nSPS) is 12.8. The van der Waals surface area contributed by atoms with Crippen molar-refractivity contribution in [3.8, 4) is 0 Å². The molecule has 0 saturated carbocycles. The SMILES string of the molecule is CCC(CNC(=O)OC(C)(C)C)NCc1cccc(F)c1F. The molecule has 1 aromatic carbocycles. The molecule has 1 amide bonds. The third kappa shape index (κ3) is 6.39. The first-order valence-electron chi connectivity index (χ1n) is 7.36. The Labute approximate surface area is 130 Å². The summed E-state index contributed by atoms with van der Waals surface area (Å²) in [6.45, 7) is 7.84. The van der Waals surface area contributed by atoms with Crippen molar-refractivity contribution in [3.63, 3.8) is 0 Å². The third-order valence-electron chi connectivity index (χ3n) is 3.00. The van der Waals surface area contributed by atoms with Crippen molar-refractivity contribution in [2.24, 2.45) is 0 Å². The smallest absolute Gasteiger partial charge is 0.407 e. The van der Waals surface area contributed by atoms with Gasteiger partial charge in [-0.25, -0.2) is 13.6 Å². The molecule has 1 aromatic rings. The average molecular weight is 314 g/mol. The molecule has 0 heterocycles. The number of halogens is 2. The molecule has 0 bridgehead atoms. The predicted molar refractivity (Wildman–Crippen MR) is 81.5 cm³/mol. The molecule has 0 aliphatic rings. The van der Waals surface area contributed by atoms with Crippen molar-refractivity contribution >= 4 is 6.09 Å². The van der Waals surface area contributed by atoms with Gasteiger partial charge in [-0.2, -0.15) is 0 Å². The van der Waals surface area contributed by atoms with Crippen molar-refractivity contribution in [1.82, 2.24) is 10.6 Å². The van der Waals surface area contributed by atoms with Crippen LogP contribution in [0.2, 0.25) is 0 Å². The number of hydrogen-bond acceptors (Lipinski definition) is 3. The second-order valence-electron chi connectivity index (χ2n) is 6.08. The average Bonchev–Trinajstić information content (AvgIpc) is 2.41. The summed E-state index contributed by atoms with van der Waals surface area (Å²) in [7, 11) is 0. The Balaban J connectivity index is 2.45. The lowest BCUT2D eigenvalue weighted by Gasteiger charge is -2.22. The van der Waals surface area contributed by atoms with Gasteiger partial charge in [0.15, 0.2) is 11.6 Å². The molecule has 2 N–H and O–H groups in total. The zero-order chi connectivity index (χ0) is 16.8. The van der Waals surface area contributed by atoms with Gasteiger partial charge in [0.2, 0.25) is 0 Å². The fourth-order valence-electron chi connectivity index (χ4n) is 1.82. The van der Waals surface area contributed by atoms with Crippen LogP contribution in [-0.4, -0.2) is 24.3 Å². The van der Waals surface area contributed by atoms with E-state index in [4.69, 9.17) is 4.74 Å². The zero-order valence-electron chi connectivity index (χ0n) is 13.5. The third-order valence-corrected chi connectivity index (χ3v) is 3.00. The first-order chi connectivity index (χ1) is 10.2. The highest BCUT2D eigenvalue weighted by atomic mass is 19.2. The van der Waals surface area contributed by atoms with Gasteiger partial charge in [0.05, 0.1) is 0 Å². The van der Waals surface area contributed by atoms with E-state index in [1.807, 2.05) is 6.92 Å².